The molecule has 1 heterocycles. The normalized spacial score (nSPS) is 16.3. The summed E-state index contributed by atoms with van der Waals surface area (Å²) in [7, 11) is -3.35. The molecule has 0 spiro atoms. The first-order valence-electron chi connectivity index (χ1n) is 8.52. The third-order valence-electron chi connectivity index (χ3n) is 4.52. The Hall–Kier alpha value is -1.45. The quantitative estimate of drug-likeness (QED) is 0.662. The van der Waals surface area contributed by atoms with Crippen LogP contribution in [-0.4, -0.2) is 31.7 Å². The van der Waals surface area contributed by atoms with E-state index in [1.54, 1.807) is 0 Å². The molecule has 0 aromatic heterocycles. The minimum absolute atomic E-state index is 0.00730. The number of nitrogens with one attached hydrogen (secondary N) is 1. The molecule has 1 aliphatic heterocycles. The molecule has 0 radical (unpaired) electrons. The highest BCUT2D eigenvalue weighted by Gasteiger charge is 2.31. The molecular formula is C19H21IN2O3S. The van der Waals surface area contributed by atoms with E-state index in [1.165, 1.54) is 4.31 Å². The lowest BCUT2D eigenvalue weighted by Crippen LogP contribution is -2.41. The van der Waals surface area contributed by atoms with Crippen molar-refractivity contribution in [3.8, 4) is 0 Å². The number of hydrogen-bond donors (Lipinski definition) is 1. The number of piperidine rings is 1. The number of rotatable bonds is 5. The van der Waals surface area contributed by atoms with Crippen LogP contribution in [0.15, 0.2) is 54.6 Å². The molecule has 0 aliphatic carbocycles. The third kappa shape index (κ3) is 5.05. The summed E-state index contributed by atoms with van der Waals surface area (Å²) in [6.07, 6.45) is 1.09. The van der Waals surface area contributed by atoms with Gasteiger partial charge in [0.15, 0.2) is 0 Å². The number of carbonyl (C=O) groups excluding carboxylic acids is 1. The first-order valence-corrected chi connectivity index (χ1v) is 11.2. The van der Waals surface area contributed by atoms with E-state index in [0.29, 0.717) is 25.9 Å². The summed E-state index contributed by atoms with van der Waals surface area (Å²) < 4.78 is 27.8. The number of anilines is 1. The van der Waals surface area contributed by atoms with E-state index in [-0.39, 0.29) is 17.6 Å². The number of carbonyl (C=O) groups is 1. The SMILES string of the molecule is O=C(Nc1ccc(I)cc1)C1CCN(S(=O)(=O)Cc2ccccc2)CC1. The molecule has 1 aliphatic rings. The molecule has 0 unspecified atom stereocenters. The molecule has 3 rings (SSSR count). The second-order valence-corrected chi connectivity index (χ2v) is 9.63. The number of sulfonamides is 1. The smallest absolute Gasteiger partial charge is 0.227 e. The zero-order valence-electron chi connectivity index (χ0n) is 14.3. The zero-order valence-corrected chi connectivity index (χ0v) is 17.2. The molecule has 1 N–H and O–H groups in total. The highest BCUT2D eigenvalue weighted by molar-refractivity contribution is 14.1. The van der Waals surface area contributed by atoms with Gasteiger partial charge in [0.25, 0.3) is 0 Å². The summed E-state index contributed by atoms with van der Waals surface area (Å²) in [4.78, 5) is 12.4. The fourth-order valence-electron chi connectivity index (χ4n) is 3.05. The summed E-state index contributed by atoms with van der Waals surface area (Å²) in [6, 6.07) is 16.8. The summed E-state index contributed by atoms with van der Waals surface area (Å²) >= 11 is 2.22. The van der Waals surface area contributed by atoms with Crippen LogP contribution < -0.4 is 5.32 Å². The lowest BCUT2D eigenvalue weighted by atomic mass is 9.97. The van der Waals surface area contributed by atoms with Crippen LogP contribution in [0.3, 0.4) is 0 Å². The first-order chi connectivity index (χ1) is 12.4. The average Bonchev–Trinajstić information content (AvgIpc) is 2.64. The minimum atomic E-state index is -3.35. The van der Waals surface area contributed by atoms with Gasteiger partial charge < -0.3 is 5.32 Å². The average molecular weight is 484 g/mol. The van der Waals surface area contributed by atoms with E-state index in [2.05, 4.69) is 27.9 Å². The van der Waals surface area contributed by atoms with Gasteiger partial charge >= 0.3 is 0 Å². The predicted molar refractivity (Wildman–Crippen MR) is 111 cm³/mol. The van der Waals surface area contributed by atoms with E-state index in [9.17, 15) is 13.2 Å². The Morgan fingerprint density at radius 3 is 2.27 bits per heavy atom. The highest BCUT2D eigenvalue weighted by Crippen LogP contribution is 2.23. The molecule has 0 atom stereocenters. The number of amides is 1. The Morgan fingerprint density at radius 2 is 1.65 bits per heavy atom. The van der Waals surface area contributed by atoms with E-state index < -0.39 is 10.0 Å². The molecule has 7 heteroatoms. The molecule has 1 fully saturated rings. The van der Waals surface area contributed by atoms with Gasteiger partial charge in [0.2, 0.25) is 15.9 Å². The van der Waals surface area contributed by atoms with Crippen LogP contribution in [0, 0.1) is 9.49 Å². The van der Waals surface area contributed by atoms with Crippen LogP contribution in [0.25, 0.3) is 0 Å². The van der Waals surface area contributed by atoms with Crippen molar-refractivity contribution in [3.05, 3.63) is 63.7 Å². The Kier molecular flexibility index (Phi) is 6.31. The van der Waals surface area contributed by atoms with Crippen molar-refractivity contribution in [3.63, 3.8) is 0 Å². The van der Waals surface area contributed by atoms with Crippen molar-refractivity contribution >= 4 is 44.2 Å². The fourth-order valence-corrected chi connectivity index (χ4v) is 4.97. The van der Waals surface area contributed by atoms with Gasteiger partial charge in [-0.1, -0.05) is 30.3 Å². The molecule has 2 aromatic carbocycles. The zero-order chi connectivity index (χ0) is 18.6. The lowest BCUT2D eigenvalue weighted by Gasteiger charge is -2.30. The monoisotopic (exact) mass is 484 g/mol. The second kappa shape index (κ2) is 8.49. The first kappa shape index (κ1) is 19.3. The highest BCUT2D eigenvalue weighted by atomic mass is 127. The molecule has 2 aromatic rings. The van der Waals surface area contributed by atoms with Crippen molar-refractivity contribution in [2.45, 2.75) is 18.6 Å². The van der Waals surface area contributed by atoms with E-state index in [0.717, 1.165) is 14.8 Å². The third-order valence-corrected chi connectivity index (χ3v) is 7.09. The van der Waals surface area contributed by atoms with Crippen LogP contribution in [0.1, 0.15) is 18.4 Å². The van der Waals surface area contributed by atoms with Crippen LogP contribution in [0.5, 0.6) is 0 Å². The molecule has 26 heavy (non-hydrogen) atoms. The van der Waals surface area contributed by atoms with Crippen molar-refractivity contribution in [1.29, 1.82) is 0 Å². The van der Waals surface area contributed by atoms with Gasteiger partial charge in [0.05, 0.1) is 5.75 Å². The van der Waals surface area contributed by atoms with Crippen LogP contribution in [0.4, 0.5) is 5.69 Å². The van der Waals surface area contributed by atoms with Gasteiger partial charge in [-0.3, -0.25) is 4.79 Å². The summed E-state index contributed by atoms with van der Waals surface area (Å²) in [6.45, 7) is 0.778. The number of benzene rings is 2. The van der Waals surface area contributed by atoms with Crippen LogP contribution >= 0.6 is 22.6 Å². The Morgan fingerprint density at radius 1 is 1.04 bits per heavy atom. The summed E-state index contributed by atoms with van der Waals surface area (Å²) in [5.41, 5.74) is 1.56. The van der Waals surface area contributed by atoms with E-state index in [1.807, 2.05) is 54.6 Å². The minimum Gasteiger partial charge on any atom is -0.326 e. The fraction of sp³-hybridized carbons (Fsp3) is 0.316. The van der Waals surface area contributed by atoms with Crippen molar-refractivity contribution in [1.82, 2.24) is 4.31 Å². The van der Waals surface area contributed by atoms with E-state index >= 15 is 0 Å². The number of nitrogens with zero attached hydrogens (tertiary/aromatic N) is 1. The van der Waals surface area contributed by atoms with Crippen molar-refractivity contribution < 1.29 is 13.2 Å². The van der Waals surface area contributed by atoms with Gasteiger partial charge in [-0.2, -0.15) is 0 Å². The van der Waals surface area contributed by atoms with Crippen LogP contribution in [-0.2, 0) is 20.6 Å². The largest absolute Gasteiger partial charge is 0.326 e. The van der Waals surface area contributed by atoms with Gasteiger partial charge in [0.1, 0.15) is 0 Å². The molecule has 5 nitrogen and oxygen atoms in total. The van der Waals surface area contributed by atoms with Gasteiger partial charge in [0, 0.05) is 28.3 Å². The summed E-state index contributed by atoms with van der Waals surface area (Å²) in [5, 5.41) is 2.92. The van der Waals surface area contributed by atoms with Gasteiger partial charge in [-0.25, -0.2) is 12.7 Å². The van der Waals surface area contributed by atoms with Gasteiger partial charge in [-0.15, -0.1) is 0 Å². The van der Waals surface area contributed by atoms with Gasteiger partial charge in [-0.05, 0) is 65.3 Å². The van der Waals surface area contributed by atoms with Crippen molar-refractivity contribution in [2.75, 3.05) is 18.4 Å². The molecule has 0 saturated carbocycles. The standard InChI is InChI=1S/C19H21IN2O3S/c20-17-6-8-18(9-7-17)21-19(23)16-10-12-22(13-11-16)26(24,25)14-15-4-2-1-3-5-15/h1-9,16H,10-14H2,(H,21,23). The predicted octanol–water partition coefficient (Wildman–Crippen LogP) is 3.47. The Labute approximate surface area is 168 Å². The maximum atomic E-state index is 12.6. The molecule has 1 amide bonds. The Bertz CT molecular complexity index is 846. The number of hydrogen-bond acceptors (Lipinski definition) is 3. The molecular weight excluding hydrogens is 463 g/mol. The topological polar surface area (TPSA) is 66.5 Å². The maximum Gasteiger partial charge on any atom is 0.227 e. The van der Waals surface area contributed by atoms with E-state index in [4.69, 9.17) is 0 Å². The number of halogens is 1. The molecule has 1 saturated heterocycles. The maximum absolute atomic E-state index is 12.6. The second-order valence-electron chi connectivity index (χ2n) is 6.41. The molecule has 0 bridgehead atoms. The Balaban J connectivity index is 1.54. The van der Waals surface area contributed by atoms with Crippen LogP contribution in [0.2, 0.25) is 0 Å². The van der Waals surface area contributed by atoms with Crippen molar-refractivity contribution in [2.24, 2.45) is 5.92 Å². The lowest BCUT2D eigenvalue weighted by molar-refractivity contribution is -0.120. The summed E-state index contributed by atoms with van der Waals surface area (Å²) in [5.74, 6) is -0.184. The molecule has 138 valence electrons.